The molecule has 0 N–H and O–H groups in total. The molecule has 0 heterocycles. The van der Waals surface area contributed by atoms with E-state index in [9.17, 15) is 0 Å². The molecule has 3 aromatic carbocycles. The minimum Gasteiger partial charge on any atom is -0.0630 e. The second kappa shape index (κ2) is 16.8. The smallest absolute Gasteiger partial charge is 0.0630 e. The van der Waals surface area contributed by atoms with Gasteiger partial charge in [0.25, 0.3) is 0 Å². The van der Waals surface area contributed by atoms with Crippen molar-refractivity contribution in [3.63, 3.8) is 0 Å². The van der Waals surface area contributed by atoms with Crippen LogP contribution in [0.4, 0.5) is 0 Å². The lowest BCUT2D eigenvalue weighted by Gasteiger charge is -2.16. The van der Waals surface area contributed by atoms with Crippen LogP contribution in [0.2, 0.25) is 33.2 Å². The molecular formula is C39H57SSi3+. The van der Waals surface area contributed by atoms with Crippen molar-refractivity contribution < 1.29 is 0 Å². The molecule has 0 aliphatic carbocycles. The highest BCUT2D eigenvalue weighted by Gasteiger charge is 2.28. The van der Waals surface area contributed by atoms with Crippen LogP contribution in [0.15, 0.2) is 87.5 Å². The highest BCUT2D eigenvalue weighted by Crippen LogP contribution is 2.33. The third-order valence-corrected chi connectivity index (χ3v) is 14.6. The highest BCUT2D eigenvalue weighted by atomic mass is 32.2. The van der Waals surface area contributed by atoms with Crippen LogP contribution in [0.5, 0.6) is 0 Å². The lowest BCUT2D eigenvalue weighted by atomic mass is 10.1. The molecular weight excluding hydrogens is 585 g/mol. The van der Waals surface area contributed by atoms with Gasteiger partial charge in [-0.2, -0.15) is 0 Å². The Hall–Kier alpha value is -1.34. The van der Waals surface area contributed by atoms with Crippen molar-refractivity contribution in [3.8, 4) is 0 Å². The van der Waals surface area contributed by atoms with E-state index in [-0.39, 0.29) is 10.9 Å². The molecule has 0 fully saturated rings. The number of rotatable bonds is 15. The van der Waals surface area contributed by atoms with Gasteiger partial charge in [0.2, 0.25) is 0 Å². The molecule has 6 radical (unpaired) electrons. The SMILES string of the molecule is CC(C)(C)[Si]CCCc1ccc([S+](c2ccc(CCC[Si]C(C)(C)C)cc2)c2ccc(CCC[Si]C(C)(C)C)cc2)cc1. The molecule has 0 spiro atoms. The van der Waals surface area contributed by atoms with Crippen LogP contribution >= 0.6 is 0 Å². The monoisotopic (exact) mass is 641 g/mol. The molecule has 0 atom stereocenters. The third-order valence-electron chi connectivity index (χ3n) is 7.37. The summed E-state index contributed by atoms with van der Waals surface area (Å²) in [4.78, 5) is 4.29. The summed E-state index contributed by atoms with van der Waals surface area (Å²) in [6.07, 6.45) is 7.42. The predicted octanol–water partition coefficient (Wildman–Crippen LogP) is 11.6. The van der Waals surface area contributed by atoms with Gasteiger partial charge in [0.05, 0.1) is 10.9 Å². The summed E-state index contributed by atoms with van der Waals surface area (Å²) in [5.41, 5.74) is 4.43. The zero-order valence-corrected chi connectivity index (χ0v) is 32.5. The van der Waals surface area contributed by atoms with E-state index in [0.717, 1.165) is 28.6 Å². The first-order chi connectivity index (χ1) is 20.2. The van der Waals surface area contributed by atoms with Gasteiger partial charge in [0, 0.05) is 28.6 Å². The van der Waals surface area contributed by atoms with Crippen molar-refractivity contribution in [3.05, 3.63) is 89.5 Å². The fourth-order valence-electron chi connectivity index (χ4n) is 5.05. The maximum atomic E-state index is 2.41. The zero-order chi connectivity index (χ0) is 31.5. The molecule has 4 heteroatoms. The summed E-state index contributed by atoms with van der Waals surface area (Å²) in [6, 6.07) is 32.8. The molecule has 43 heavy (non-hydrogen) atoms. The molecule has 0 amide bonds. The van der Waals surface area contributed by atoms with E-state index in [1.807, 2.05) is 0 Å². The Kier molecular flexibility index (Phi) is 14.1. The van der Waals surface area contributed by atoms with E-state index in [1.54, 1.807) is 0 Å². The van der Waals surface area contributed by atoms with Crippen molar-refractivity contribution in [2.45, 2.75) is 149 Å². The molecule has 3 rings (SSSR count). The van der Waals surface area contributed by atoms with Gasteiger partial charge in [-0.25, -0.2) is 0 Å². The summed E-state index contributed by atoms with van der Waals surface area (Å²) >= 11 is 0. The third kappa shape index (κ3) is 14.5. The van der Waals surface area contributed by atoms with E-state index in [4.69, 9.17) is 0 Å². The average Bonchev–Trinajstić information content (AvgIpc) is 2.92. The summed E-state index contributed by atoms with van der Waals surface area (Å²) in [7, 11) is 3.03. The van der Waals surface area contributed by atoms with E-state index in [2.05, 4.69) is 135 Å². The van der Waals surface area contributed by atoms with Crippen LogP contribution in [0.1, 0.15) is 98.3 Å². The Morgan fingerprint density at radius 3 is 0.837 bits per heavy atom. The molecule has 0 unspecified atom stereocenters. The van der Waals surface area contributed by atoms with Crippen LogP contribution in [-0.2, 0) is 30.2 Å². The Labute approximate surface area is 276 Å². The van der Waals surface area contributed by atoms with Crippen LogP contribution < -0.4 is 0 Å². The van der Waals surface area contributed by atoms with Crippen LogP contribution in [0.25, 0.3) is 0 Å². The lowest BCUT2D eigenvalue weighted by molar-refractivity contribution is 0.740. The zero-order valence-electron chi connectivity index (χ0n) is 28.7. The minimum atomic E-state index is -0.0927. The molecule has 0 bridgehead atoms. The molecule has 0 nitrogen and oxygen atoms in total. The summed E-state index contributed by atoms with van der Waals surface area (Å²) in [6.45, 7) is 21.3. The largest absolute Gasteiger partial charge is 0.166 e. The Morgan fingerprint density at radius 1 is 0.395 bits per heavy atom. The summed E-state index contributed by atoms with van der Waals surface area (Å²) in [5.74, 6) is 0. The van der Waals surface area contributed by atoms with Gasteiger partial charge in [-0.1, -0.05) is 136 Å². The van der Waals surface area contributed by atoms with Gasteiger partial charge in [-0.3, -0.25) is 0 Å². The number of hydrogen-bond donors (Lipinski definition) is 0. The van der Waals surface area contributed by atoms with E-state index in [0.29, 0.717) is 15.1 Å². The average molecular weight is 642 g/mol. The standard InChI is InChI=1S/C39H57SSi3/c1-37(2,3)41-28-10-13-31-16-22-34(23-17-31)40(35-24-18-32(19-25-35)14-11-29-42-38(4,5)6)36-26-20-33(21-27-36)15-12-30-43-39(7,8)9/h16-27H,10-15,28-30H2,1-9H3/q+1. The van der Waals surface area contributed by atoms with Gasteiger partial charge >= 0.3 is 0 Å². The molecule has 0 saturated heterocycles. The number of benzene rings is 3. The van der Waals surface area contributed by atoms with Crippen molar-refractivity contribution in [2.75, 3.05) is 0 Å². The first-order valence-corrected chi connectivity index (χ1v) is 21.3. The fourth-order valence-corrected chi connectivity index (χ4v) is 10.4. The molecule has 0 aliphatic heterocycles. The first-order valence-electron chi connectivity index (χ1n) is 16.4. The van der Waals surface area contributed by atoms with Gasteiger partial charge < -0.3 is 0 Å². The predicted molar refractivity (Wildman–Crippen MR) is 197 cm³/mol. The topological polar surface area (TPSA) is 0 Å². The molecule has 3 aromatic rings. The first kappa shape index (κ1) is 36.1. The molecule has 230 valence electrons. The van der Waals surface area contributed by atoms with Gasteiger partial charge in [-0.05, 0) is 87.5 Å². The Morgan fingerprint density at radius 2 is 0.628 bits per heavy atom. The molecule has 0 saturated carbocycles. The quantitative estimate of drug-likeness (QED) is 0.0880. The second-order valence-corrected chi connectivity index (χ2v) is 24.2. The highest BCUT2D eigenvalue weighted by molar-refractivity contribution is 7.97. The van der Waals surface area contributed by atoms with Gasteiger partial charge in [-0.15, -0.1) is 0 Å². The number of aryl methyl sites for hydroxylation is 3. The molecule has 0 aliphatic rings. The van der Waals surface area contributed by atoms with E-state index >= 15 is 0 Å². The van der Waals surface area contributed by atoms with Crippen LogP contribution in [0, 0.1) is 0 Å². The van der Waals surface area contributed by atoms with E-state index < -0.39 is 0 Å². The van der Waals surface area contributed by atoms with Crippen molar-refractivity contribution in [2.24, 2.45) is 0 Å². The van der Waals surface area contributed by atoms with Crippen LogP contribution in [-0.4, -0.2) is 28.6 Å². The fraction of sp³-hybridized carbons (Fsp3) is 0.538. The van der Waals surface area contributed by atoms with Crippen molar-refractivity contribution in [1.82, 2.24) is 0 Å². The normalized spacial score (nSPS) is 12.7. The Bertz CT molecular complexity index is 1040. The van der Waals surface area contributed by atoms with Crippen LogP contribution in [0.3, 0.4) is 0 Å². The second-order valence-electron chi connectivity index (χ2n) is 15.1. The lowest BCUT2D eigenvalue weighted by Crippen LogP contribution is -2.08. The maximum Gasteiger partial charge on any atom is 0.166 e. The summed E-state index contributed by atoms with van der Waals surface area (Å²) < 4.78 is 0. The van der Waals surface area contributed by atoms with Crippen molar-refractivity contribution >= 4 is 39.5 Å². The van der Waals surface area contributed by atoms with Gasteiger partial charge in [0.1, 0.15) is 0 Å². The maximum absolute atomic E-state index is 2.41. The van der Waals surface area contributed by atoms with Gasteiger partial charge in [0.15, 0.2) is 14.7 Å². The number of hydrogen-bond acceptors (Lipinski definition) is 0. The van der Waals surface area contributed by atoms with Crippen molar-refractivity contribution in [1.29, 1.82) is 0 Å². The minimum absolute atomic E-state index is 0.0927. The van der Waals surface area contributed by atoms with E-state index in [1.165, 1.54) is 88.0 Å². The summed E-state index contributed by atoms with van der Waals surface area (Å²) in [5, 5.41) is 1.38. The Balaban J connectivity index is 1.73. The molecule has 0 aromatic heterocycles.